The number of hydrogen-bond donors (Lipinski definition) is 1. The van der Waals surface area contributed by atoms with Crippen LogP contribution in [0, 0.1) is 0 Å². The van der Waals surface area contributed by atoms with Gasteiger partial charge in [-0.1, -0.05) is 30.3 Å². The fourth-order valence-corrected chi connectivity index (χ4v) is 3.60. The second-order valence-corrected chi connectivity index (χ2v) is 6.69. The number of carbonyl (C=O) groups excluding carboxylic acids is 3. The Labute approximate surface area is 147 Å². The number of imide groups is 1. The van der Waals surface area contributed by atoms with Crippen molar-refractivity contribution in [2.45, 2.75) is 0 Å². The van der Waals surface area contributed by atoms with Gasteiger partial charge in [0, 0.05) is 13.1 Å². The lowest BCUT2D eigenvalue weighted by atomic mass is 10.0. The average molecular weight is 350 g/mol. The molecule has 4 rings (SSSR count). The predicted molar refractivity (Wildman–Crippen MR) is 96.0 cm³/mol. The van der Waals surface area contributed by atoms with Crippen LogP contribution in [0.15, 0.2) is 53.9 Å². The highest BCUT2D eigenvalue weighted by Crippen LogP contribution is 2.27. The third kappa shape index (κ3) is 2.70. The highest BCUT2D eigenvalue weighted by molar-refractivity contribution is 7.12. The minimum Gasteiger partial charge on any atom is -0.350 e. The maximum Gasteiger partial charge on any atom is 0.261 e. The zero-order chi connectivity index (χ0) is 17.4. The first-order chi connectivity index (χ1) is 12.1. The van der Waals surface area contributed by atoms with Crippen LogP contribution in [0.5, 0.6) is 0 Å². The summed E-state index contributed by atoms with van der Waals surface area (Å²) in [6.07, 6.45) is 0. The van der Waals surface area contributed by atoms with Gasteiger partial charge in [-0.3, -0.25) is 19.3 Å². The Kier molecular flexibility index (Phi) is 3.82. The summed E-state index contributed by atoms with van der Waals surface area (Å²) in [6.45, 7) is 0.377. The van der Waals surface area contributed by atoms with Crippen molar-refractivity contribution in [3.8, 4) is 0 Å². The van der Waals surface area contributed by atoms with E-state index in [9.17, 15) is 14.4 Å². The van der Waals surface area contributed by atoms with Gasteiger partial charge in [0.1, 0.15) is 0 Å². The van der Waals surface area contributed by atoms with E-state index < -0.39 is 0 Å². The molecule has 0 atom stereocenters. The van der Waals surface area contributed by atoms with Gasteiger partial charge in [0.05, 0.1) is 16.0 Å². The second kappa shape index (κ2) is 6.14. The Hall–Kier alpha value is -2.99. The number of hydrogen-bond acceptors (Lipinski definition) is 4. The molecule has 2 aromatic carbocycles. The number of thiophene rings is 1. The van der Waals surface area contributed by atoms with E-state index in [1.54, 1.807) is 24.3 Å². The number of nitrogens with zero attached hydrogens (tertiary/aromatic N) is 1. The summed E-state index contributed by atoms with van der Waals surface area (Å²) in [5.41, 5.74) is 0.849. The van der Waals surface area contributed by atoms with Crippen LogP contribution < -0.4 is 5.32 Å². The first kappa shape index (κ1) is 15.5. The molecule has 0 bridgehead atoms. The molecule has 0 unspecified atom stereocenters. The summed E-state index contributed by atoms with van der Waals surface area (Å²) in [4.78, 5) is 38.8. The maximum absolute atomic E-state index is 12.5. The third-order valence-corrected chi connectivity index (χ3v) is 5.07. The largest absolute Gasteiger partial charge is 0.350 e. The van der Waals surface area contributed by atoms with E-state index in [1.165, 1.54) is 16.2 Å². The van der Waals surface area contributed by atoms with Crippen molar-refractivity contribution in [3.05, 3.63) is 69.9 Å². The van der Waals surface area contributed by atoms with Crippen molar-refractivity contribution in [1.82, 2.24) is 10.2 Å². The topological polar surface area (TPSA) is 66.5 Å². The van der Waals surface area contributed by atoms with E-state index in [0.717, 1.165) is 10.8 Å². The lowest BCUT2D eigenvalue weighted by Gasteiger charge is -2.13. The SMILES string of the molecule is O=C(NCCN1C(=O)c2cc3ccccc3cc2C1=O)c1cccs1. The number of amides is 3. The van der Waals surface area contributed by atoms with Crippen molar-refractivity contribution in [3.63, 3.8) is 0 Å². The van der Waals surface area contributed by atoms with E-state index in [1.807, 2.05) is 29.6 Å². The summed E-state index contributed by atoms with van der Waals surface area (Å²) in [5.74, 6) is -0.815. The second-order valence-electron chi connectivity index (χ2n) is 5.74. The molecule has 5 nitrogen and oxygen atoms in total. The number of nitrogens with one attached hydrogen (secondary N) is 1. The molecule has 1 aliphatic heterocycles. The van der Waals surface area contributed by atoms with Crippen molar-refractivity contribution < 1.29 is 14.4 Å². The minimum absolute atomic E-state index is 0.153. The zero-order valence-corrected chi connectivity index (χ0v) is 14.0. The van der Waals surface area contributed by atoms with Gasteiger partial charge in [0.25, 0.3) is 17.7 Å². The maximum atomic E-state index is 12.5. The Balaban J connectivity index is 1.50. The number of benzene rings is 2. The molecule has 6 heteroatoms. The van der Waals surface area contributed by atoms with Gasteiger partial charge in [0.15, 0.2) is 0 Å². The molecule has 124 valence electrons. The molecule has 0 spiro atoms. The minimum atomic E-state index is -0.309. The van der Waals surface area contributed by atoms with Crippen LogP contribution in [0.25, 0.3) is 10.8 Å². The molecular formula is C19H14N2O3S. The van der Waals surface area contributed by atoms with E-state index in [2.05, 4.69) is 5.32 Å². The van der Waals surface area contributed by atoms with Crippen LogP contribution in [0.3, 0.4) is 0 Å². The van der Waals surface area contributed by atoms with Crippen LogP contribution in [0.2, 0.25) is 0 Å². The monoisotopic (exact) mass is 350 g/mol. The molecule has 1 N–H and O–H groups in total. The summed E-state index contributed by atoms with van der Waals surface area (Å²) in [5, 5.41) is 6.41. The molecular weight excluding hydrogens is 336 g/mol. The van der Waals surface area contributed by atoms with E-state index in [0.29, 0.717) is 16.0 Å². The van der Waals surface area contributed by atoms with Gasteiger partial charge in [-0.05, 0) is 34.4 Å². The summed E-state index contributed by atoms with van der Waals surface area (Å²) in [6, 6.07) is 14.7. The summed E-state index contributed by atoms with van der Waals surface area (Å²) >= 11 is 1.35. The molecule has 0 saturated heterocycles. The van der Waals surface area contributed by atoms with Crippen LogP contribution in [0.1, 0.15) is 30.4 Å². The summed E-state index contributed by atoms with van der Waals surface area (Å²) < 4.78 is 0. The Morgan fingerprint density at radius 3 is 2.16 bits per heavy atom. The average Bonchev–Trinajstić information content (AvgIpc) is 3.24. The van der Waals surface area contributed by atoms with E-state index in [-0.39, 0.29) is 30.8 Å². The first-order valence-electron chi connectivity index (χ1n) is 7.86. The highest BCUT2D eigenvalue weighted by Gasteiger charge is 2.35. The first-order valence-corrected chi connectivity index (χ1v) is 8.74. The van der Waals surface area contributed by atoms with Crippen molar-refractivity contribution in [2.24, 2.45) is 0 Å². The van der Waals surface area contributed by atoms with Crippen LogP contribution >= 0.6 is 11.3 Å². The molecule has 3 amide bonds. The molecule has 3 aromatic rings. The standard InChI is InChI=1S/C19H14N2O3S/c22-17(16-6-3-9-25-16)20-7-8-21-18(23)14-10-12-4-1-2-5-13(12)11-15(14)19(21)24/h1-6,9-11H,7-8H2,(H,20,22). The zero-order valence-electron chi connectivity index (χ0n) is 13.2. The van der Waals surface area contributed by atoms with Crippen molar-refractivity contribution >= 4 is 39.8 Å². The van der Waals surface area contributed by atoms with Crippen LogP contribution in [-0.4, -0.2) is 35.7 Å². The number of rotatable bonds is 4. The fourth-order valence-electron chi connectivity index (χ4n) is 2.96. The highest BCUT2D eigenvalue weighted by atomic mass is 32.1. The Morgan fingerprint density at radius 1 is 0.960 bits per heavy atom. The molecule has 0 aliphatic carbocycles. The lowest BCUT2D eigenvalue weighted by molar-refractivity contribution is 0.0650. The van der Waals surface area contributed by atoms with Crippen molar-refractivity contribution in [2.75, 3.05) is 13.1 Å². The van der Waals surface area contributed by atoms with Crippen LogP contribution in [-0.2, 0) is 0 Å². The normalized spacial score (nSPS) is 13.4. The van der Waals surface area contributed by atoms with Gasteiger partial charge < -0.3 is 5.32 Å². The van der Waals surface area contributed by atoms with Crippen molar-refractivity contribution in [1.29, 1.82) is 0 Å². The molecule has 2 heterocycles. The lowest BCUT2D eigenvalue weighted by Crippen LogP contribution is -2.37. The third-order valence-electron chi connectivity index (χ3n) is 4.20. The van der Waals surface area contributed by atoms with Gasteiger partial charge in [-0.2, -0.15) is 0 Å². The number of carbonyl (C=O) groups is 3. The number of fused-ring (bicyclic) bond motifs is 2. The molecule has 1 aliphatic rings. The molecule has 0 radical (unpaired) electrons. The smallest absolute Gasteiger partial charge is 0.261 e. The Morgan fingerprint density at radius 2 is 1.60 bits per heavy atom. The molecule has 0 saturated carbocycles. The fraction of sp³-hybridized carbons (Fsp3) is 0.105. The van der Waals surface area contributed by atoms with E-state index in [4.69, 9.17) is 0 Å². The van der Waals surface area contributed by atoms with Gasteiger partial charge in [-0.15, -0.1) is 11.3 Å². The van der Waals surface area contributed by atoms with Crippen LogP contribution in [0.4, 0.5) is 0 Å². The van der Waals surface area contributed by atoms with Gasteiger partial charge in [-0.25, -0.2) is 0 Å². The van der Waals surface area contributed by atoms with E-state index >= 15 is 0 Å². The van der Waals surface area contributed by atoms with Gasteiger partial charge in [0.2, 0.25) is 0 Å². The van der Waals surface area contributed by atoms with Gasteiger partial charge >= 0.3 is 0 Å². The molecule has 0 fully saturated rings. The summed E-state index contributed by atoms with van der Waals surface area (Å²) in [7, 11) is 0. The molecule has 1 aromatic heterocycles. The quantitative estimate of drug-likeness (QED) is 0.736. The molecule has 25 heavy (non-hydrogen) atoms. The predicted octanol–water partition coefficient (Wildman–Crippen LogP) is 2.93. The Bertz CT molecular complexity index is 941.